The first kappa shape index (κ1) is 69.7. The van der Waals surface area contributed by atoms with Gasteiger partial charge >= 0.3 is 0 Å². The number of anilines is 2. The first-order valence-corrected chi connectivity index (χ1v) is 31.0. The number of hydrogen-bond donors (Lipinski definition) is 6. The van der Waals surface area contributed by atoms with E-state index >= 15 is 0 Å². The molecule has 10 atom stereocenters. The molecule has 0 bridgehead atoms. The van der Waals surface area contributed by atoms with Gasteiger partial charge in [0, 0.05) is 69.6 Å². The van der Waals surface area contributed by atoms with Gasteiger partial charge in [0.25, 0.3) is 5.91 Å². The fraction of sp³-hybridized carbons (Fsp3) is 0.661. The number of rotatable bonds is 32. The van der Waals surface area contributed by atoms with Crippen molar-refractivity contribution in [1.29, 1.82) is 0 Å². The van der Waals surface area contributed by atoms with Crippen molar-refractivity contribution in [2.75, 3.05) is 69.7 Å². The summed E-state index contributed by atoms with van der Waals surface area (Å²) in [5, 5.41) is 17.2. The van der Waals surface area contributed by atoms with Crippen LogP contribution < -0.4 is 31.9 Å². The second-order valence-corrected chi connectivity index (χ2v) is 24.4. The minimum absolute atomic E-state index is 0.0322. The van der Waals surface area contributed by atoms with Gasteiger partial charge < -0.3 is 46.6 Å². The standard InChI is InChI=1S/C62H96Cl2N10O9/c1-13-40(6)56(72(12)62(83)54(38(2)3)70-60(81)55(39(4)5)71(10)11)41(7)33-53(77)73-31-21-25-49(73)42(8)43(9)57(78)69-48(34-44-23-17-16-18-24-44)61(82)74-32-22-26-50(74)59(80)66-30-20-15-14-19-29-65-58(79)45-27-28-46(67-51(75)36-63)47(35-45)68-52(76)37-64/h16-18,23-24,27-28,35,38-43,48-50,54-56H,13-15,19-22,25-26,29-34,36-37H2,1-12H3,(H,65,79)(H,66,80)(H,67,75)(H,68,76)(H,69,78)(H,70,81)/t40?,41?,42?,43?,48-,49?,50+,54-,55?,56?/m0/s1. The van der Waals surface area contributed by atoms with Crippen LogP contribution in [-0.2, 0) is 44.8 Å². The molecule has 0 aromatic heterocycles. The van der Waals surface area contributed by atoms with Crippen molar-refractivity contribution in [2.45, 2.75) is 169 Å². The highest BCUT2D eigenvalue weighted by atomic mass is 35.5. The Morgan fingerprint density at radius 1 is 0.675 bits per heavy atom. The molecule has 0 aliphatic carbocycles. The zero-order chi connectivity index (χ0) is 61.7. The molecule has 2 heterocycles. The molecular formula is C62H96Cl2N10O9. The number of unbranched alkanes of at least 4 members (excludes halogenated alkanes) is 3. The van der Waals surface area contributed by atoms with E-state index in [4.69, 9.17) is 23.2 Å². The lowest BCUT2D eigenvalue weighted by atomic mass is 9.84. The summed E-state index contributed by atoms with van der Waals surface area (Å²) >= 11 is 11.3. The van der Waals surface area contributed by atoms with Crippen molar-refractivity contribution in [3.8, 4) is 0 Å². The summed E-state index contributed by atoms with van der Waals surface area (Å²) in [6.45, 7) is 19.6. The van der Waals surface area contributed by atoms with E-state index < -0.39 is 41.9 Å². The molecule has 0 radical (unpaired) electrons. The first-order valence-electron chi connectivity index (χ1n) is 30.0. The minimum Gasteiger partial charge on any atom is -0.354 e. The lowest BCUT2D eigenvalue weighted by Crippen LogP contribution is -2.58. The predicted molar refractivity (Wildman–Crippen MR) is 328 cm³/mol. The second-order valence-electron chi connectivity index (χ2n) is 23.9. The molecule has 2 aromatic rings. The lowest BCUT2D eigenvalue weighted by molar-refractivity contribution is -0.143. The van der Waals surface area contributed by atoms with Gasteiger partial charge in [0.15, 0.2) is 0 Å². The first-order chi connectivity index (χ1) is 39.4. The van der Waals surface area contributed by atoms with Crippen LogP contribution in [0.2, 0.25) is 0 Å². The molecule has 462 valence electrons. The van der Waals surface area contributed by atoms with E-state index in [9.17, 15) is 43.2 Å². The molecule has 0 saturated carbocycles. The van der Waals surface area contributed by atoms with Crippen LogP contribution in [0, 0.1) is 35.5 Å². The van der Waals surface area contributed by atoms with Crippen LogP contribution >= 0.6 is 23.2 Å². The number of likely N-dealkylation sites (N-methyl/N-ethyl adjacent to an activating group) is 2. The summed E-state index contributed by atoms with van der Waals surface area (Å²) in [7, 11) is 5.51. The van der Waals surface area contributed by atoms with Crippen LogP contribution in [-0.4, -0.2) is 168 Å². The fourth-order valence-corrected chi connectivity index (χ4v) is 12.0. The average Bonchev–Trinajstić information content (AvgIpc) is 4.30. The zero-order valence-corrected chi connectivity index (χ0v) is 52.8. The maximum absolute atomic E-state index is 14.6. The van der Waals surface area contributed by atoms with Crippen molar-refractivity contribution >= 4 is 87.7 Å². The van der Waals surface area contributed by atoms with Gasteiger partial charge in [-0.2, -0.15) is 0 Å². The number of alkyl halides is 2. The summed E-state index contributed by atoms with van der Waals surface area (Å²) in [4.78, 5) is 129. The van der Waals surface area contributed by atoms with E-state index in [2.05, 4.69) is 45.7 Å². The highest BCUT2D eigenvalue weighted by molar-refractivity contribution is 6.30. The number of likely N-dealkylation sites (tertiary alicyclic amines) is 2. The Hall–Kier alpha value is -5.79. The van der Waals surface area contributed by atoms with Gasteiger partial charge in [0.2, 0.25) is 47.3 Å². The van der Waals surface area contributed by atoms with Gasteiger partial charge in [-0.1, -0.05) is 112 Å². The van der Waals surface area contributed by atoms with Crippen LogP contribution in [0.1, 0.15) is 142 Å². The fourth-order valence-electron chi connectivity index (χ4n) is 11.9. The molecule has 2 aliphatic rings. The Bertz CT molecular complexity index is 2490. The number of amides is 9. The normalized spacial score (nSPS) is 18.1. The second kappa shape index (κ2) is 34.2. The van der Waals surface area contributed by atoms with Gasteiger partial charge in [-0.05, 0) is 106 Å². The third kappa shape index (κ3) is 20.2. The van der Waals surface area contributed by atoms with E-state index in [1.807, 2.05) is 103 Å². The van der Waals surface area contributed by atoms with Gasteiger partial charge in [-0.25, -0.2) is 0 Å². The minimum atomic E-state index is -0.942. The van der Waals surface area contributed by atoms with Gasteiger partial charge in [0.1, 0.15) is 29.9 Å². The SMILES string of the molecule is CCC(C)C(C(C)CC(=O)N1CCCC1C(C)C(C)C(=O)N[C@@H](Cc1ccccc1)C(=O)N1CCC[C@@H]1C(=O)NCCCCCCNC(=O)c1ccc(NC(=O)CCl)c(NC(=O)CCl)c1)N(C)C(=O)[C@@H](NC(=O)C(C(C)C)N(C)C)C(C)C. The molecule has 7 unspecified atom stereocenters. The monoisotopic (exact) mass is 1190 g/mol. The average molecular weight is 1200 g/mol. The molecular weight excluding hydrogens is 1100 g/mol. The predicted octanol–water partition coefficient (Wildman–Crippen LogP) is 7.06. The van der Waals surface area contributed by atoms with Crippen LogP contribution in [0.5, 0.6) is 0 Å². The number of nitrogens with one attached hydrogen (secondary N) is 6. The number of nitrogens with zero attached hydrogens (tertiary/aromatic N) is 4. The molecule has 4 rings (SSSR count). The molecule has 83 heavy (non-hydrogen) atoms. The van der Waals surface area contributed by atoms with Crippen LogP contribution in [0.4, 0.5) is 11.4 Å². The van der Waals surface area contributed by atoms with E-state index in [1.165, 1.54) is 18.2 Å². The highest BCUT2D eigenvalue weighted by Gasteiger charge is 2.43. The number of carbonyl (C=O) groups excluding carboxylic acids is 9. The van der Waals surface area contributed by atoms with Crippen molar-refractivity contribution < 1.29 is 43.2 Å². The van der Waals surface area contributed by atoms with Crippen molar-refractivity contribution in [2.24, 2.45) is 35.5 Å². The van der Waals surface area contributed by atoms with E-state index in [1.54, 1.807) is 16.8 Å². The smallest absolute Gasteiger partial charge is 0.251 e. The molecule has 2 aliphatic heterocycles. The van der Waals surface area contributed by atoms with Crippen molar-refractivity contribution in [3.63, 3.8) is 0 Å². The number of benzene rings is 2. The maximum atomic E-state index is 14.6. The van der Waals surface area contributed by atoms with Crippen molar-refractivity contribution in [1.82, 2.24) is 40.9 Å². The quantitative estimate of drug-likeness (QED) is 0.0322. The molecule has 21 heteroatoms. The van der Waals surface area contributed by atoms with E-state index in [0.717, 1.165) is 37.7 Å². The molecule has 19 nitrogen and oxygen atoms in total. The summed E-state index contributed by atoms with van der Waals surface area (Å²) < 4.78 is 0. The summed E-state index contributed by atoms with van der Waals surface area (Å²) in [6, 6.07) is 10.7. The Morgan fingerprint density at radius 2 is 1.28 bits per heavy atom. The van der Waals surface area contributed by atoms with Crippen LogP contribution in [0.25, 0.3) is 0 Å². The highest BCUT2D eigenvalue weighted by Crippen LogP contribution is 2.33. The number of carbonyl (C=O) groups is 9. The van der Waals surface area contributed by atoms with Gasteiger partial charge in [0.05, 0.1) is 17.4 Å². The Morgan fingerprint density at radius 3 is 1.87 bits per heavy atom. The Labute approximate surface area is 503 Å². The third-order valence-corrected chi connectivity index (χ3v) is 17.2. The van der Waals surface area contributed by atoms with E-state index in [0.29, 0.717) is 51.9 Å². The summed E-state index contributed by atoms with van der Waals surface area (Å²) in [5.41, 5.74) is 1.62. The van der Waals surface area contributed by atoms with Crippen LogP contribution in [0.3, 0.4) is 0 Å². The Balaban J connectivity index is 1.34. The number of halogens is 2. The molecule has 9 amide bonds. The summed E-state index contributed by atoms with van der Waals surface area (Å²) in [6.07, 6.45) is 6.74. The third-order valence-electron chi connectivity index (χ3n) is 16.7. The molecule has 6 N–H and O–H groups in total. The Kier molecular flexibility index (Phi) is 28.8. The largest absolute Gasteiger partial charge is 0.354 e. The molecule has 0 spiro atoms. The lowest BCUT2D eigenvalue weighted by Gasteiger charge is -2.40. The molecule has 2 saturated heterocycles. The van der Waals surface area contributed by atoms with E-state index in [-0.39, 0.29) is 125 Å². The maximum Gasteiger partial charge on any atom is 0.251 e. The zero-order valence-electron chi connectivity index (χ0n) is 51.3. The number of hydrogen-bond acceptors (Lipinski definition) is 10. The van der Waals surface area contributed by atoms with Gasteiger partial charge in [-0.15, -0.1) is 23.2 Å². The van der Waals surface area contributed by atoms with Gasteiger partial charge in [-0.3, -0.25) is 48.1 Å². The molecule has 2 fully saturated rings. The van der Waals surface area contributed by atoms with Crippen molar-refractivity contribution in [3.05, 3.63) is 59.7 Å². The molecule has 2 aromatic carbocycles. The topological polar surface area (TPSA) is 239 Å². The van der Waals surface area contributed by atoms with Crippen LogP contribution in [0.15, 0.2) is 48.5 Å². The summed E-state index contributed by atoms with van der Waals surface area (Å²) in [5.74, 6) is -4.38.